The number of carbonyl (C=O) groups excluding carboxylic acids is 1. The molecule has 0 bridgehead atoms. The van der Waals surface area contributed by atoms with E-state index in [0.29, 0.717) is 23.1 Å². The van der Waals surface area contributed by atoms with Gasteiger partial charge in [0.2, 0.25) is 0 Å². The molecule has 2 aliphatic rings. The van der Waals surface area contributed by atoms with E-state index in [-0.39, 0.29) is 18.1 Å². The SMILES string of the molecule is C[C@H]1CC[C@H](COC2(c3ccc(Cl)cc3)c3ccccc3C(=O)N2Cc2ccc([N+](=O)[O-])cc2)CC1. The molecule has 186 valence electrons. The number of hydrogen-bond acceptors (Lipinski definition) is 4. The number of nitro groups is 1. The monoisotopic (exact) mass is 504 g/mol. The summed E-state index contributed by atoms with van der Waals surface area (Å²) in [7, 11) is 0. The van der Waals surface area contributed by atoms with Gasteiger partial charge in [0.15, 0.2) is 5.72 Å². The Kier molecular flexibility index (Phi) is 6.82. The summed E-state index contributed by atoms with van der Waals surface area (Å²) in [4.78, 5) is 26.3. The fraction of sp³-hybridized carbons (Fsp3) is 0.345. The third kappa shape index (κ3) is 4.51. The van der Waals surface area contributed by atoms with Crippen molar-refractivity contribution in [2.75, 3.05) is 6.61 Å². The van der Waals surface area contributed by atoms with Gasteiger partial charge < -0.3 is 4.74 Å². The summed E-state index contributed by atoms with van der Waals surface area (Å²) in [5.41, 5.74) is 1.92. The Bertz CT molecular complexity index is 1250. The van der Waals surface area contributed by atoms with E-state index < -0.39 is 10.6 Å². The summed E-state index contributed by atoms with van der Waals surface area (Å²) in [5, 5.41) is 11.7. The maximum Gasteiger partial charge on any atom is 0.269 e. The number of halogens is 1. The molecule has 0 aromatic heterocycles. The summed E-state index contributed by atoms with van der Waals surface area (Å²) in [6, 6.07) is 21.4. The topological polar surface area (TPSA) is 72.7 Å². The Morgan fingerprint density at radius 3 is 2.33 bits per heavy atom. The smallest absolute Gasteiger partial charge is 0.269 e. The van der Waals surface area contributed by atoms with Crippen molar-refractivity contribution in [3.8, 4) is 0 Å². The van der Waals surface area contributed by atoms with Gasteiger partial charge in [0.1, 0.15) is 0 Å². The van der Waals surface area contributed by atoms with Crippen LogP contribution in [0.15, 0.2) is 72.8 Å². The zero-order valence-electron chi connectivity index (χ0n) is 20.2. The molecule has 1 atom stereocenters. The first kappa shape index (κ1) is 24.5. The van der Waals surface area contributed by atoms with Gasteiger partial charge in [-0.15, -0.1) is 0 Å². The van der Waals surface area contributed by atoms with E-state index in [1.165, 1.54) is 25.0 Å². The van der Waals surface area contributed by atoms with E-state index in [0.717, 1.165) is 35.4 Å². The average molecular weight is 505 g/mol. The molecule has 0 spiro atoms. The first-order valence-electron chi connectivity index (χ1n) is 12.4. The van der Waals surface area contributed by atoms with Crippen LogP contribution in [0.25, 0.3) is 0 Å². The Morgan fingerprint density at radius 1 is 1.00 bits per heavy atom. The third-order valence-corrected chi connectivity index (χ3v) is 7.79. The molecule has 6 nitrogen and oxygen atoms in total. The summed E-state index contributed by atoms with van der Waals surface area (Å²) in [5.74, 6) is 1.03. The number of nitro benzene ring substituents is 1. The summed E-state index contributed by atoms with van der Waals surface area (Å²) >= 11 is 6.24. The number of nitrogens with zero attached hydrogens (tertiary/aromatic N) is 2. The van der Waals surface area contributed by atoms with Crippen LogP contribution in [-0.2, 0) is 17.0 Å². The van der Waals surface area contributed by atoms with Gasteiger partial charge >= 0.3 is 0 Å². The molecule has 1 aliphatic carbocycles. The lowest BCUT2D eigenvalue weighted by molar-refractivity contribution is -0.384. The van der Waals surface area contributed by atoms with Gasteiger partial charge in [0, 0.05) is 40.4 Å². The minimum atomic E-state index is -1.12. The lowest BCUT2D eigenvalue weighted by Gasteiger charge is -2.41. The van der Waals surface area contributed by atoms with E-state index in [9.17, 15) is 14.9 Å². The predicted octanol–water partition coefficient (Wildman–Crippen LogP) is 6.95. The highest BCUT2D eigenvalue weighted by atomic mass is 35.5. The van der Waals surface area contributed by atoms with Crippen LogP contribution in [-0.4, -0.2) is 22.3 Å². The van der Waals surface area contributed by atoms with Crippen LogP contribution in [0, 0.1) is 22.0 Å². The average Bonchev–Trinajstić information content (AvgIpc) is 3.13. The van der Waals surface area contributed by atoms with Crippen molar-refractivity contribution in [2.45, 2.75) is 44.9 Å². The third-order valence-electron chi connectivity index (χ3n) is 7.53. The van der Waals surface area contributed by atoms with E-state index >= 15 is 0 Å². The molecular formula is C29H29ClN2O4. The van der Waals surface area contributed by atoms with Crippen molar-refractivity contribution < 1.29 is 14.5 Å². The first-order valence-corrected chi connectivity index (χ1v) is 12.8. The molecule has 7 heteroatoms. The molecule has 0 saturated heterocycles. The lowest BCUT2D eigenvalue weighted by atomic mass is 9.83. The highest BCUT2D eigenvalue weighted by molar-refractivity contribution is 6.30. The molecule has 3 aromatic rings. The maximum atomic E-state index is 13.8. The van der Waals surface area contributed by atoms with Gasteiger partial charge in [-0.3, -0.25) is 19.8 Å². The van der Waals surface area contributed by atoms with Gasteiger partial charge in [-0.25, -0.2) is 0 Å². The minimum Gasteiger partial charge on any atom is -0.347 e. The number of amides is 1. The minimum absolute atomic E-state index is 0.0153. The number of benzene rings is 3. The zero-order valence-corrected chi connectivity index (χ0v) is 21.0. The van der Waals surface area contributed by atoms with Crippen LogP contribution >= 0.6 is 11.6 Å². The van der Waals surface area contributed by atoms with Gasteiger partial charge in [0.25, 0.3) is 11.6 Å². The summed E-state index contributed by atoms with van der Waals surface area (Å²) < 4.78 is 6.89. The van der Waals surface area contributed by atoms with Crippen LogP contribution in [0.3, 0.4) is 0 Å². The number of fused-ring (bicyclic) bond motifs is 1. The molecule has 1 saturated carbocycles. The molecule has 1 fully saturated rings. The number of ether oxygens (including phenoxy) is 1. The quantitative estimate of drug-likeness (QED) is 0.258. The molecule has 5 rings (SSSR count). The van der Waals surface area contributed by atoms with E-state index in [2.05, 4.69) is 6.92 Å². The van der Waals surface area contributed by atoms with Gasteiger partial charge in [-0.05, 0) is 48.4 Å². The number of carbonyl (C=O) groups is 1. The molecular weight excluding hydrogens is 476 g/mol. The number of rotatable bonds is 7. The molecule has 0 N–H and O–H groups in total. The second kappa shape index (κ2) is 10.0. The molecule has 1 aliphatic heterocycles. The Hall–Kier alpha value is -3.22. The summed E-state index contributed by atoms with van der Waals surface area (Å²) in [6.45, 7) is 3.08. The molecule has 36 heavy (non-hydrogen) atoms. The fourth-order valence-corrected chi connectivity index (χ4v) is 5.57. The molecule has 1 unspecified atom stereocenters. The Balaban J connectivity index is 1.57. The normalized spacial score (nSPS) is 23.5. The van der Waals surface area contributed by atoms with E-state index in [1.54, 1.807) is 17.0 Å². The van der Waals surface area contributed by atoms with Crippen LogP contribution in [0.5, 0.6) is 0 Å². The predicted molar refractivity (Wildman–Crippen MR) is 139 cm³/mol. The molecule has 3 aromatic carbocycles. The standard InChI is InChI=1S/C29H29ClN2O4/c1-20-6-8-22(9-7-20)19-36-29(23-12-14-24(30)15-13-23)27-5-3-2-4-26(27)28(33)31(29)18-21-10-16-25(17-11-21)32(34)35/h2-5,10-17,20,22H,6-9,18-19H2,1H3/t20-,22-,29?. The molecule has 1 heterocycles. The maximum absolute atomic E-state index is 13.8. The van der Waals surface area contributed by atoms with Gasteiger partial charge in [-0.1, -0.05) is 73.8 Å². The Morgan fingerprint density at radius 2 is 1.67 bits per heavy atom. The Labute approximate surface area is 216 Å². The number of hydrogen-bond donors (Lipinski definition) is 0. The van der Waals surface area contributed by atoms with Gasteiger partial charge in [0.05, 0.1) is 11.5 Å². The summed E-state index contributed by atoms with van der Waals surface area (Å²) in [6.07, 6.45) is 4.58. The largest absolute Gasteiger partial charge is 0.347 e. The van der Waals surface area contributed by atoms with Crippen molar-refractivity contribution in [2.24, 2.45) is 11.8 Å². The lowest BCUT2D eigenvalue weighted by Crippen LogP contribution is -2.47. The van der Waals surface area contributed by atoms with E-state index in [1.807, 2.05) is 48.5 Å². The van der Waals surface area contributed by atoms with Crippen LogP contribution in [0.1, 0.15) is 59.7 Å². The van der Waals surface area contributed by atoms with Crippen LogP contribution in [0.4, 0.5) is 5.69 Å². The van der Waals surface area contributed by atoms with Crippen molar-refractivity contribution in [3.63, 3.8) is 0 Å². The van der Waals surface area contributed by atoms with Gasteiger partial charge in [-0.2, -0.15) is 0 Å². The van der Waals surface area contributed by atoms with E-state index in [4.69, 9.17) is 16.3 Å². The van der Waals surface area contributed by atoms with Crippen molar-refractivity contribution in [1.29, 1.82) is 0 Å². The number of non-ortho nitro benzene ring substituents is 1. The van der Waals surface area contributed by atoms with Crippen molar-refractivity contribution in [1.82, 2.24) is 4.90 Å². The molecule has 1 amide bonds. The highest BCUT2D eigenvalue weighted by Crippen LogP contribution is 2.47. The zero-order chi connectivity index (χ0) is 25.3. The first-order chi connectivity index (χ1) is 17.4. The fourth-order valence-electron chi connectivity index (χ4n) is 5.45. The second-order valence-corrected chi connectivity index (χ2v) is 10.4. The van der Waals surface area contributed by atoms with Crippen molar-refractivity contribution >= 4 is 23.2 Å². The van der Waals surface area contributed by atoms with Crippen LogP contribution < -0.4 is 0 Å². The highest BCUT2D eigenvalue weighted by Gasteiger charge is 2.52. The second-order valence-electron chi connectivity index (χ2n) is 9.95. The molecule has 0 radical (unpaired) electrons. The van der Waals surface area contributed by atoms with Crippen molar-refractivity contribution in [3.05, 3.63) is 110 Å². The van der Waals surface area contributed by atoms with Crippen LogP contribution in [0.2, 0.25) is 5.02 Å².